The van der Waals surface area contributed by atoms with E-state index in [1.54, 1.807) is 13.8 Å². The molecule has 13 heavy (non-hydrogen) atoms. The molecule has 0 aliphatic carbocycles. The quantitative estimate of drug-likeness (QED) is 0.741. The molecule has 0 amide bonds. The fourth-order valence-corrected chi connectivity index (χ4v) is 1.66. The number of hydrogen-bond acceptors (Lipinski definition) is 1. The third-order valence-corrected chi connectivity index (χ3v) is 2.74. The minimum atomic E-state index is -0.422. The maximum atomic E-state index is 13.4. The van der Waals surface area contributed by atoms with Crippen LogP contribution in [0.15, 0.2) is 0 Å². The largest absolute Gasteiger partial charge is 0.507 e. The van der Waals surface area contributed by atoms with Gasteiger partial charge in [0.05, 0.1) is 5.02 Å². The van der Waals surface area contributed by atoms with Crippen LogP contribution in [0.2, 0.25) is 5.02 Å². The van der Waals surface area contributed by atoms with Crippen LogP contribution >= 0.6 is 11.6 Å². The Bertz CT molecular complexity index is 318. The van der Waals surface area contributed by atoms with Crippen molar-refractivity contribution in [2.75, 3.05) is 0 Å². The van der Waals surface area contributed by atoms with Crippen molar-refractivity contribution < 1.29 is 9.50 Å². The molecule has 72 valence electrons. The van der Waals surface area contributed by atoms with Crippen LogP contribution in [0.4, 0.5) is 4.39 Å². The number of benzene rings is 1. The molecule has 0 heterocycles. The Balaban J connectivity index is 3.56. The molecule has 0 unspecified atom stereocenters. The first kappa shape index (κ1) is 10.3. The Morgan fingerprint density at radius 1 is 1.31 bits per heavy atom. The summed E-state index contributed by atoms with van der Waals surface area (Å²) in [5, 5.41) is 9.68. The third kappa shape index (κ3) is 1.51. The molecule has 0 spiro atoms. The fraction of sp³-hybridized carbons (Fsp3) is 0.400. The molecule has 1 aromatic carbocycles. The van der Waals surface area contributed by atoms with Crippen molar-refractivity contribution >= 4 is 11.6 Å². The van der Waals surface area contributed by atoms with Crippen molar-refractivity contribution in [3.63, 3.8) is 0 Å². The first-order valence-electron chi connectivity index (χ1n) is 4.16. The van der Waals surface area contributed by atoms with E-state index in [-0.39, 0.29) is 10.8 Å². The Kier molecular flexibility index (Phi) is 2.81. The van der Waals surface area contributed by atoms with E-state index < -0.39 is 5.82 Å². The summed E-state index contributed by atoms with van der Waals surface area (Å²) in [6.07, 6.45) is 0.530. The molecule has 1 rings (SSSR count). The molecule has 0 radical (unpaired) electrons. The van der Waals surface area contributed by atoms with E-state index in [1.165, 1.54) is 0 Å². The van der Waals surface area contributed by atoms with Gasteiger partial charge in [-0.1, -0.05) is 18.5 Å². The van der Waals surface area contributed by atoms with Crippen LogP contribution in [0.25, 0.3) is 0 Å². The van der Waals surface area contributed by atoms with Crippen molar-refractivity contribution in [3.8, 4) is 5.75 Å². The molecule has 0 aliphatic rings. The number of phenolic OH excluding ortho intramolecular Hbond substituents is 1. The maximum Gasteiger partial charge on any atom is 0.145 e. The predicted octanol–water partition coefficient (Wildman–Crippen LogP) is 3.36. The molecule has 1 aromatic rings. The molecule has 0 saturated carbocycles. The SMILES string of the molecule is CCc1c(O)c(C)c(C)c(F)c1Cl. The van der Waals surface area contributed by atoms with Crippen LogP contribution in [-0.4, -0.2) is 5.11 Å². The van der Waals surface area contributed by atoms with Crippen LogP contribution in [0.3, 0.4) is 0 Å². The van der Waals surface area contributed by atoms with Crippen LogP contribution in [0.5, 0.6) is 5.75 Å². The minimum absolute atomic E-state index is 0.0445. The molecule has 3 heteroatoms. The zero-order chi connectivity index (χ0) is 10.2. The molecule has 1 N–H and O–H groups in total. The standard InChI is InChI=1S/C10H12ClFO/c1-4-7-8(11)9(12)5(2)6(3)10(7)13/h13H,4H2,1-3H3. The smallest absolute Gasteiger partial charge is 0.145 e. The Morgan fingerprint density at radius 3 is 2.31 bits per heavy atom. The van der Waals surface area contributed by atoms with Gasteiger partial charge in [-0.15, -0.1) is 0 Å². The van der Waals surface area contributed by atoms with Crippen LogP contribution in [-0.2, 0) is 6.42 Å². The van der Waals surface area contributed by atoms with Crippen molar-refractivity contribution in [2.45, 2.75) is 27.2 Å². The molecule has 1 nitrogen and oxygen atoms in total. The molecule has 0 atom stereocenters. The van der Waals surface area contributed by atoms with E-state index in [1.807, 2.05) is 6.92 Å². The lowest BCUT2D eigenvalue weighted by Gasteiger charge is -2.11. The summed E-state index contributed by atoms with van der Waals surface area (Å²) in [5.74, 6) is -0.305. The first-order valence-corrected chi connectivity index (χ1v) is 4.54. The van der Waals surface area contributed by atoms with Gasteiger partial charge >= 0.3 is 0 Å². The van der Waals surface area contributed by atoms with E-state index in [9.17, 15) is 9.50 Å². The van der Waals surface area contributed by atoms with Crippen LogP contribution in [0, 0.1) is 19.7 Å². The highest BCUT2D eigenvalue weighted by Gasteiger charge is 2.16. The maximum absolute atomic E-state index is 13.4. The fourth-order valence-electron chi connectivity index (χ4n) is 1.29. The average Bonchev–Trinajstić information content (AvgIpc) is 2.13. The van der Waals surface area contributed by atoms with Gasteiger partial charge in [0.2, 0.25) is 0 Å². The number of halogens is 2. The average molecular weight is 203 g/mol. The number of phenols is 1. The summed E-state index contributed by atoms with van der Waals surface area (Å²) in [6, 6.07) is 0. The lowest BCUT2D eigenvalue weighted by molar-refractivity contribution is 0.460. The van der Waals surface area contributed by atoms with Crippen LogP contribution in [0.1, 0.15) is 23.6 Å². The summed E-state index contributed by atoms with van der Waals surface area (Å²) >= 11 is 5.74. The van der Waals surface area contributed by atoms with Crippen molar-refractivity contribution in [1.29, 1.82) is 0 Å². The summed E-state index contributed by atoms with van der Waals surface area (Å²) < 4.78 is 13.4. The molecular formula is C10H12ClFO. The zero-order valence-corrected chi connectivity index (χ0v) is 8.67. The van der Waals surface area contributed by atoms with Gasteiger partial charge in [0.25, 0.3) is 0 Å². The van der Waals surface area contributed by atoms with Gasteiger partial charge < -0.3 is 5.11 Å². The van der Waals surface area contributed by atoms with Crippen molar-refractivity contribution in [1.82, 2.24) is 0 Å². The molecule has 0 bridgehead atoms. The van der Waals surface area contributed by atoms with Gasteiger partial charge in [-0.2, -0.15) is 0 Å². The molecular weight excluding hydrogens is 191 g/mol. The number of hydrogen-bond donors (Lipinski definition) is 1. The normalized spacial score (nSPS) is 10.5. The monoisotopic (exact) mass is 202 g/mol. The predicted molar refractivity (Wildman–Crippen MR) is 51.9 cm³/mol. The zero-order valence-electron chi connectivity index (χ0n) is 7.91. The highest BCUT2D eigenvalue weighted by atomic mass is 35.5. The van der Waals surface area contributed by atoms with Gasteiger partial charge in [0.1, 0.15) is 11.6 Å². The second-order valence-corrected chi connectivity index (χ2v) is 3.44. The lowest BCUT2D eigenvalue weighted by Crippen LogP contribution is -1.96. The Hall–Kier alpha value is -0.760. The molecule has 0 aromatic heterocycles. The Morgan fingerprint density at radius 2 is 1.85 bits per heavy atom. The van der Waals surface area contributed by atoms with Crippen molar-refractivity contribution in [2.24, 2.45) is 0 Å². The third-order valence-electron chi connectivity index (χ3n) is 2.34. The van der Waals surface area contributed by atoms with E-state index in [2.05, 4.69) is 0 Å². The summed E-state index contributed by atoms with van der Waals surface area (Å²) in [6.45, 7) is 5.12. The van der Waals surface area contributed by atoms with Gasteiger partial charge in [0.15, 0.2) is 0 Å². The van der Waals surface area contributed by atoms with E-state index in [0.717, 1.165) is 0 Å². The highest BCUT2D eigenvalue weighted by Crippen LogP contribution is 2.34. The van der Waals surface area contributed by atoms with Gasteiger partial charge in [-0.3, -0.25) is 0 Å². The second kappa shape index (κ2) is 3.54. The topological polar surface area (TPSA) is 20.2 Å². The number of aromatic hydroxyl groups is 1. The van der Waals surface area contributed by atoms with E-state index in [0.29, 0.717) is 23.1 Å². The van der Waals surface area contributed by atoms with E-state index in [4.69, 9.17) is 11.6 Å². The van der Waals surface area contributed by atoms with Crippen LogP contribution < -0.4 is 0 Å². The first-order chi connectivity index (χ1) is 6.00. The minimum Gasteiger partial charge on any atom is -0.507 e. The molecule has 0 aliphatic heterocycles. The molecule has 0 fully saturated rings. The summed E-state index contributed by atoms with van der Waals surface area (Å²) in [4.78, 5) is 0. The summed E-state index contributed by atoms with van der Waals surface area (Å²) in [7, 11) is 0. The van der Waals surface area contributed by atoms with Gasteiger partial charge in [-0.25, -0.2) is 4.39 Å². The molecule has 0 saturated heterocycles. The summed E-state index contributed by atoms with van der Waals surface area (Å²) in [5.41, 5.74) is 1.47. The second-order valence-electron chi connectivity index (χ2n) is 3.06. The lowest BCUT2D eigenvalue weighted by atomic mass is 10.0. The van der Waals surface area contributed by atoms with Crippen molar-refractivity contribution in [3.05, 3.63) is 27.5 Å². The Labute approximate surface area is 82.2 Å². The number of rotatable bonds is 1. The highest BCUT2D eigenvalue weighted by molar-refractivity contribution is 6.31. The van der Waals surface area contributed by atoms with Gasteiger partial charge in [0, 0.05) is 5.56 Å². The van der Waals surface area contributed by atoms with Gasteiger partial charge in [-0.05, 0) is 31.4 Å². The van der Waals surface area contributed by atoms with E-state index >= 15 is 0 Å².